The number of nitrogens with one attached hydrogen (secondary N) is 2. The van der Waals surface area contributed by atoms with Crippen molar-refractivity contribution >= 4 is 16.7 Å². The Kier molecular flexibility index (Phi) is 3.33. The van der Waals surface area contributed by atoms with E-state index < -0.39 is 0 Å². The minimum absolute atomic E-state index is 0.570. The summed E-state index contributed by atoms with van der Waals surface area (Å²) in [4.78, 5) is 7.59. The first-order valence-electron chi connectivity index (χ1n) is 6.85. The van der Waals surface area contributed by atoms with Crippen LogP contribution in [0.2, 0.25) is 0 Å². The van der Waals surface area contributed by atoms with E-state index in [4.69, 9.17) is 5.26 Å². The van der Waals surface area contributed by atoms with E-state index in [-0.39, 0.29) is 0 Å². The van der Waals surface area contributed by atoms with Gasteiger partial charge in [-0.1, -0.05) is 6.07 Å². The van der Waals surface area contributed by atoms with E-state index in [1.807, 2.05) is 6.07 Å². The number of rotatable bonds is 3. The molecule has 0 bridgehead atoms. The lowest BCUT2D eigenvalue weighted by atomic mass is 10.1. The molecule has 0 saturated heterocycles. The van der Waals surface area contributed by atoms with Crippen molar-refractivity contribution in [1.29, 1.82) is 5.26 Å². The largest absolute Gasteiger partial charge is 0.366 e. The zero-order chi connectivity index (χ0) is 14.8. The molecule has 21 heavy (non-hydrogen) atoms. The molecule has 0 radical (unpaired) electrons. The molecule has 0 spiro atoms. The normalized spacial score (nSPS) is 10.5. The molecule has 4 nitrogen and oxygen atoms in total. The first kappa shape index (κ1) is 13.2. The minimum Gasteiger partial charge on any atom is -0.366 e. The predicted octanol–water partition coefficient (Wildman–Crippen LogP) is 3.66. The smallest absolute Gasteiger partial charge is 0.126 e. The third kappa shape index (κ3) is 2.59. The van der Waals surface area contributed by atoms with E-state index in [9.17, 15) is 0 Å². The summed E-state index contributed by atoms with van der Waals surface area (Å²) in [6.45, 7) is 4.93. The number of aryl methyl sites for hydroxylation is 2. The van der Waals surface area contributed by atoms with Crippen molar-refractivity contribution in [2.45, 2.75) is 20.4 Å². The maximum atomic E-state index is 8.75. The summed E-state index contributed by atoms with van der Waals surface area (Å²) < 4.78 is 0. The van der Waals surface area contributed by atoms with Gasteiger partial charge in [0.05, 0.1) is 5.56 Å². The molecule has 0 aliphatic rings. The topological polar surface area (TPSA) is 64.5 Å². The number of pyridine rings is 1. The van der Waals surface area contributed by atoms with Crippen LogP contribution in [-0.4, -0.2) is 9.97 Å². The van der Waals surface area contributed by atoms with Crippen molar-refractivity contribution in [1.82, 2.24) is 9.97 Å². The van der Waals surface area contributed by atoms with Gasteiger partial charge in [-0.15, -0.1) is 0 Å². The molecule has 0 unspecified atom stereocenters. The van der Waals surface area contributed by atoms with Crippen molar-refractivity contribution in [3.8, 4) is 6.07 Å². The van der Waals surface area contributed by atoms with E-state index in [0.29, 0.717) is 12.1 Å². The number of hydrogen-bond donors (Lipinski definition) is 2. The van der Waals surface area contributed by atoms with Gasteiger partial charge in [0.2, 0.25) is 0 Å². The number of aromatic nitrogens is 2. The standard InChI is InChI=1S/C17H16N4/c1-11-12(2)21-16-5-3-13(7-15(11)16)9-19-17-6-4-14(8-18)10-20-17/h3-7,10,21H,9H2,1-2H3,(H,19,20). The molecule has 4 heteroatoms. The SMILES string of the molecule is Cc1[nH]c2ccc(CNc3ccc(C#N)cn3)cc2c1C. The van der Waals surface area contributed by atoms with E-state index in [1.54, 1.807) is 12.3 Å². The molecular weight excluding hydrogens is 260 g/mol. The van der Waals surface area contributed by atoms with Gasteiger partial charge in [-0.2, -0.15) is 5.26 Å². The Balaban J connectivity index is 1.78. The average Bonchev–Trinajstić information content (AvgIpc) is 2.80. The van der Waals surface area contributed by atoms with E-state index in [1.165, 1.54) is 27.7 Å². The lowest BCUT2D eigenvalue weighted by Crippen LogP contribution is -2.01. The number of nitriles is 1. The van der Waals surface area contributed by atoms with Gasteiger partial charge in [0.25, 0.3) is 0 Å². The van der Waals surface area contributed by atoms with Crippen LogP contribution in [0.1, 0.15) is 22.4 Å². The molecule has 0 aliphatic heterocycles. The van der Waals surface area contributed by atoms with Crippen molar-refractivity contribution in [3.05, 3.63) is 58.9 Å². The number of aromatic amines is 1. The molecule has 3 aromatic rings. The molecule has 2 N–H and O–H groups in total. The molecule has 0 atom stereocenters. The summed E-state index contributed by atoms with van der Waals surface area (Å²) in [5.74, 6) is 0.774. The van der Waals surface area contributed by atoms with E-state index in [2.05, 4.69) is 53.4 Å². The summed E-state index contributed by atoms with van der Waals surface area (Å²) >= 11 is 0. The summed E-state index contributed by atoms with van der Waals surface area (Å²) in [5, 5.41) is 13.3. The van der Waals surface area contributed by atoms with Gasteiger partial charge >= 0.3 is 0 Å². The number of fused-ring (bicyclic) bond motifs is 1. The Hall–Kier alpha value is -2.80. The van der Waals surface area contributed by atoms with Crippen LogP contribution >= 0.6 is 0 Å². The minimum atomic E-state index is 0.570. The Bertz CT molecular complexity index is 822. The predicted molar refractivity (Wildman–Crippen MR) is 84.1 cm³/mol. The van der Waals surface area contributed by atoms with E-state index in [0.717, 1.165) is 5.82 Å². The lowest BCUT2D eigenvalue weighted by Gasteiger charge is -2.06. The molecule has 1 aromatic carbocycles. The highest BCUT2D eigenvalue weighted by Gasteiger charge is 2.05. The number of nitrogens with zero attached hydrogens (tertiary/aromatic N) is 2. The van der Waals surface area contributed by atoms with Crippen molar-refractivity contribution in [2.75, 3.05) is 5.32 Å². The fourth-order valence-electron chi connectivity index (χ4n) is 2.38. The number of hydrogen-bond acceptors (Lipinski definition) is 3. The summed E-state index contributed by atoms with van der Waals surface area (Å²) in [6, 6.07) is 12.1. The van der Waals surface area contributed by atoms with Crippen LogP contribution in [0.3, 0.4) is 0 Å². The first-order chi connectivity index (χ1) is 10.2. The van der Waals surface area contributed by atoms with Crippen molar-refractivity contribution in [3.63, 3.8) is 0 Å². The monoisotopic (exact) mass is 276 g/mol. The quantitative estimate of drug-likeness (QED) is 0.767. The fourth-order valence-corrected chi connectivity index (χ4v) is 2.38. The van der Waals surface area contributed by atoms with Gasteiger partial charge in [-0.25, -0.2) is 4.98 Å². The Morgan fingerprint density at radius 1 is 1.24 bits per heavy atom. The molecule has 3 rings (SSSR count). The highest BCUT2D eigenvalue weighted by molar-refractivity contribution is 5.85. The van der Waals surface area contributed by atoms with Crippen LogP contribution in [-0.2, 0) is 6.54 Å². The second kappa shape index (κ2) is 5.29. The molecule has 2 heterocycles. The van der Waals surface area contributed by atoms with Crippen LogP contribution in [0.5, 0.6) is 0 Å². The summed E-state index contributed by atoms with van der Waals surface area (Å²) in [7, 11) is 0. The Labute approximate surface area is 123 Å². The van der Waals surface area contributed by atoms with Crippen LogP contribution in [0.4, 0.5) is 5.82 Å². The Morgan fingerprint density at radius 2 is 2.10 bits per heavy atom. The van der Waals surface area contributed by atoms with Crippen LogP contribution in [0.15, 0.2) is 36.5 Å². The molecule has 2 aromatic heterocycles. The zero-order valence-electron chi connectivity index (χ0n) is 12.1. The van der Waals surface area contributed by atoms with Gasteiger partial charge in [0.15, 0.2) is 0 Å². The second-order valence-electron chi connectivity index (χ2n) is 5.15. The molecular formula is C17H16N4. The van der Waals surface area contributed by atoms with Crippen LogP contribution in [0, 0.1) is 25.2 Å². The number of benzene rings is 1. The summed E-state index contributed by atoms with van der Waals surface area (Å²) in [6.07, 6.45) is 1.57. The van der Waals surface area contributed by atoms with Crippen molar-refractivity contribution < 1.29 is 0 Å². The van der Waals surface area contributed by atoms with Crippen LogP contribution in [0.25, 0.3) is 10.9 Å². The highest BCUT2D eigenvalue weighted by Crippen LogP contribution is 2.22. The molecule has 104 valence electrons. The maximum Gasteiger partial charge on any atom is 0.126 e. The molecule has 0 saturated carbocycles. The molecule has 0 amide bonds. The first-order valence-corrected chi connectivity index (χ1v) is 6.85. The zero-order valence-corrected chi connectivity index (χ0v) is 12.1. The van der Waals surface area contributed by atoms with Gasteiger partial charge in [-0.05, 0) is 49.2 Å². The third-order valence-corrected chi connectivity index (χ3v) is 3.74. The lowest BCUT2D eigenvalue weighted by molar-refractivity contribution is 1.11. The second-order valence-corrected chi connectivity index (χ2v) is 5.15. The van der Waals surface area contributed by atoms with Gasteiger partial charge < -0.3 is 10.3 Å². The number of anilines is 1. The maximum absolute atomic E-state index is 8.75. The van der Waals surface area contributed by atoms with Gasteiger partial charge in [0.1, 0.15) is 11.9 Å². The molecule has 0 fully saturated rings. The fraction of sp³-hybridized carbons (Fsp3) is 0.176. The Morgan fingerprint density at radius 3 is 2.81 bits per heavy atom. The third-order valence-electron chi connectivity index (χ3n) is 3.74. The van der Waals surface area contributed by atoms with Gasteiger partial charge in [0, 0.05) is 29.3 Å². The van der Waals surface area contributed by atoms with Crippen molar-refractivity contribution in [2.24, 2.45) is 0 Å². The summed E-state index contributed by atoms with van der Waals surface area (Å²) in [5.41, 5.74) is 5.45. The van der Waals surface area contributed by atoms with Crippen LogP contribution < -0.4 is 5.32 Å². The van der Waals surface area contributed by atoms with Gasteiger partial charge in [-0.3, -0.25) is 0 Å². The van der Waals surface area contributed by atoms with E-state index >= 15 is 0 Å². The average molecular weight is 276 g/mol. The number of H-pyrrole nitrogens is 1. The molecule has 0 aliphatic carbocycles. The highest BCUT2D eigenvalue weighted by atomic mass is 15.0.